The topological polar surface area (TPSA) is 66.8 Å². The normalized spacial score (nSPS) is 30.2. The Balaban J connectivity index is 1.94. The fraction of sp³-hybridized carbons (Fsp3) is 0.350. The summed E-state index contributed by atoms with van der Waals surface area (Å²) in [7, 11) is 1.38. The molecule has 4 unspecified atom stereocenters. The van der Waals surface area contributed by atoms with Gasteiger partial charge in [-0.05, 0) is 28.2 Å². The molecule has 2 aromatic carbocycles. The summed E-state index contributed by atoms with van der Waals surface area (Å²) in [6.45, 7) is -0.0759. The van der Waals surface area contributed by atoms with Crippen molar-refractivity contribution < 1.29 is 19.7 Å². The quantitative estimate of drug-likeness (QED) is 0.832. The van der Waals surface area contributed by atoms with Crippen LogP contribution in [0.5, 0.6) is 0 Å². The van der Waals surface area contributed by atoms with Crippen LogP contribution < -0.4 is 0 Å². The zero-order valence-electron chi connectivity index (χ0n) is 13.4. The summed E-state index contributed by atoms with van der Waals surface area (Å²) in [5.74, 6) is -0.942. The second-order valence-corrected chi connectivity index (χ2v) is 6.61. The van der Waals surface area contributed by atoms with E-state index in [4.69, 9.17) is 4.74 Å². The highest BCUT2D eigenvalue weighted by molar-refractivity contribution is 5.77. The highest BCUT2D eigenvalue weighted by Crippen LogP contribution is 2.61. The maximum atomic E-state index is 12.3. The van der Waals surface area contributed by atoms with E-state index in [0.717, 1.165) is 22.3 Å². The van der Waals surface area contributed by atoms with Crippen LogP contribution >= 0.6 is 0 Å². The van der Waals surface area contributed by atoms with Crippen LogP contribution in [0.3, 0.4) is 0 Å². The molecule has 0 aliphatic heterocycles. The molecule has 1 fully saturated rings. The lowest BCUT2D eigenvalue weighted by Crippen LogP contribution is -2.49. The molecule has 0 saturated heterocycles. The number of carbonyl (C=O) groups is 1. The van der Waals surface area contributed by atoms with E-state index in [9.17, 15) is 15.0 Å². The number of esters is 1. The van der Waals surface area contributed by atoms with E-state index < -0.39 is 6.10 Å². The molecule has 4 nitrogen and oxygen atoms in total. The summed E-state index contributed by atoms with van der Waals surface area (Å²) in [5.41, 5.74) is 3.69. The molecular weight excluding hydrogens is 304 g/mol. The van der Waals surface area contributed by atoms with Crippen molar-refractivity contribution >= 4 is 5.97 Å². The van der Waals surface area contributed by atoms with Crippen molar-refractivity contribution in [3.63, 3.8) is 0 Å². The van der Waals surface area contributed by atoms with Gasteiger partial charge in [0.25, 0.3) is 0 Å². The Morgan fingerprint density at radius 3 is 1.96 bits per heavy atom. The Kier molecular flexibility index (Phi) is 3.66. The fourth-order valence-corrected chi connectivity index (χ4v) is 4.62. The first-order valence-electron chi connectivity index (χ1n) is 8.23. The third-order valence-electron chi connectivity index (χ3n) is 5.68. The van der Waals surface area contributed by atoms with Gasteiger partial charge >= 0.3 is 5.97 Å². The van der Waals surface area contributed by atoms with Crippen LogP contribution in [0.2, 0.25) is 0 Å². The Morgan fingerprint density at radius 2 is 1.46 bits per heavy atom. The van der Waals surface area contributed by atoms with Crippen LogP contribution in [0, 0.1) is 11.8 Å². The lowest BCUT2D eigenvalue weighted by Gasteiger charge is -2.50. The number of ether oxygens (including phenoxy) is 1. The molecule has 4 rings (SSSR count). The summed E-state index contributed by atoms with van der Waals surface area (Å²) < 4.78 is 4.99. The maximum Gasteiger partial charge on any atom is 0.309 e. The third-order valence-corrected chi connectivity index (χ3v) is 5.68. The minimum Gasteiger partial charge on any atom is -0.469 e. The fourth-order valence-electron chi connectivity index (χ4n) is 4.62. The van der Waals surface area contributed by atoms with Gasteiger partial charge in [-0.3, -0.25) is 4.79 Å². The van der Waals surface area contributed by atoms with E-state index in [-0.39, 0.29) is 36.2 Å². The van der Waals surface area contributed by atoms with Crippen LogP contribution in [0.4, 0.5) is 0 Å². The highest BCUT2D eigenvalue weighted by atomic mass is 16.5. The number of aliphatic hydroxyl groups is 2. The number of methoxy groups -OCH3 is 1. The predicted molar refractivity (Wildman–Crippen MR) is 88.5 cm³/mol. The van der Waals surface area contributed by atoms with E-state index in [1.54, 1.807) is 0 Å². The van der Waals surface area contributed by atoms with Gasteiger partial charge in [0.05, 0.1) is 13.0 Å². The molecule has 0 radical (unpaired) electrons. The number of hydrogen-bond donors (Lipinski definition) is 2. The van der Waals surface area contributed by atoms with E-state index in [0.29, 0.717) is 0 Å². The van der Waals surface area contributed by atoms with Gasteiger partial charge in [0.15, 0.2) is 0 Å². The van der Waals surface area contributed by atoms with Crippen molar-refractivity contribution in [2.24, 2.45) is 11.8 Å². The van der Waals surface area contributed by atoms with Crippen LogP contribution in [-0.4, -0.2) is 29.9 Å². The summed E-state index contributed by atoms with van der Waals surface area (Å²) >= 11 is 0. The van der Waals surface area contributed by atoms with E-state index in [2.05, 4.69) is 0 Å². The van der Waals surface area contributed by atoms with Gasteiger partial charge in [-0.15, -0.1) is 0 Å². The lowest BCUT2D eigenvalue weighted by molar-refractivity contribution is -0.156. The van der Waals surface area contributed by atoms with Gasteiger partial charge in [-0.2, -0.15) is 0 Å². The molecule has 2 aliphatic carbocycles. The number of benzene rings is 2. The molecular formula is C20H20O4. The molecule has 124 valence electrons. The SMILES string of the molecule is COC(=O)[C@H]1C(CO)C2c3ccccc3C(O)c3ccccc3C21. The molecule has 24 heavy (non-hydrogen) atoms. The van der Waals surface area contributed by atoms with E-state index in [1.807, 2.05) is 48.5 Å². The Bertz CT molecular complexity index is 785. The molecule has 1 saturated carbocycles. The molecule has 0 amide bonds. The number of carbonyl (C=O) groups excluding carboxylic acids is 1. The molecule has 0 heterocycles. The molecule has 0 aromatic heterocycles. The minimum atomic E-state index is -0.722. The summed E-state index contributed by atoms with van der Waals surface area (Å²) in [4.78, 5) is 12.3. The molecule has 2 aromatic rings. The lowest BCUT2D eigenvalue weighted by atomic mass is 9.52. The van der Waals surface area contributed by atoms with Gasteiger partial charge in [0, 0.05) is 18.4 Å². The van der Waals surface area contributed by atoms with Crippen LogP contribution in [-0.2, 0) is 9.53 Å². The number of fused-ring (bicyclic) bond motifs is 5. The average molecular weight is 324 g/mol. The molecule has 2 N–H and O–H groups in total. The zero-order chi connectivity index (χ0) is 16.8. The molecule has 5 atom stereocenters. The summed E-state index contributed by atoms with van der Waals surface area (Å²) in [5, 5.41) is 20.8. The van der Waals surface area contributed by atoms with Crippen LogP contribution in [0.15, 0.2) is 48.5 Å². The van der Waals surface area contributed by atoms with Gasteiger partial charge in [-0.25, -0.2) is 0 Å². The number of rotatable bonds is 2. The Morgan fingerprint density at radius 1 is 0.958 bits per heavy atom. The monoisotopic (exact) mass is 324 g/mol. The first-order chi connectivity index (χ1) is 11.7. The first kappa shape index (κ1) is 15.4. The second kappa shape index (κ2) is 5.72. The van der Waals surface area contributed by atoms with Crippen molar-refractivity contribution in [1.82, 2.24) is 0 Å². The van der Waals surface area contributed by atoms with Crippen molar-refractivity contribution in [3.05, 3.63) is 70.8 Å². The van der Waals surface area contributed by atoms with Gasteiger partial charge in [0.1, 0.15) is 6.10 Å². The maximum absolute atomic E-state index is 12.3. The van der Waals surface area contributed by atoms with E-state index >= 15 is 0 Å². The second-order valence-electron chi connectivity index (χ2n) is 6.61. The van der Waals surface area contributed by atoms with Gasteiger partial charge in [-0.1, -0.05) is 48.5 Å². The summed E-state index contributed by atoms with van der Waals surface area (Å²) in [6, 6.07) is 15.5. The average Bonchev–Trinajstić information content (AvgIpc) is 2.69. The minimum absolute atomic E-state index is 0.00796. The van der Waals surface area contributed by atoms with Crippen molar-refractivity contribution in [1.29, 1.82) is 0 Å². The van der Waals surface area contributed by atoms with E-state index in [1.165, 1.54) is 7.11 Å². The standard InChI is InChI=1S/C20H20O4/c1-24-20(23)18-15(10-21)16-11-6-2-4-8-13(11)19(22)14-9-5-3-7-12(14)17(16)18/h2-9,15-19,21-22H,10H2,1H3/t15?,16?,17?,18-,19?/m0/s1. The summed E-state index contributed by atoms with van der Waals surface area (Å²) in [6.07, 6.45) is -0.722. The number of hydrogen-bond acceptors (Lipinski definition) is 4. The number of aliphatic hydroxyl groups excluding tert-OH is 2. The Hall–Kier alpha value is -2.17. The molecule has 0 bridgehead atoms. The van der Waals surface area contributed by atoms with Crippen LogP contribution in [0.1, 0.15) is 40.2 Å². The van der Waals surface area contributed by atoms with Crippen molar-refractivity contribution in [3.8, 4) is 0 Å². The largest absolute Gasteiger partial charge is 0.469 e. The molecule has 2 aliphatic rings. The van der Waals surface area contributed by atoms with Crippen molar-refractivity contribution in [2.75, 3.05) is 13.7 Å². The van der Waals surface area contributed by atoms with Crippen molar-refractivity contribution in [2.45, 2.75) is 17.9 Å². The highest BCUT2D eigenvalue weighted by Gasteiger charge is 2.57. The molecule has 0 spiro atoms. The van der Waals surface area contributed by atoms with Gasteiger partial charge < -0.3 is 14.9 Å². The predicted octanol–water partition coefficient (Wildman–Crippen LogP) is 2.36. The smallest absolute Gasteiger partial charge is 0.309 e. The van der Waals surface area contributed by atoms with Gasteiger partial charge in [0.2, 0.25) is 0 Å². The zero-order valence-corrected chi connectivity index (χ0v) is 13.4. The van der Waals surface area contributed by atoms with Crippen LogP contribution in [0.25, 0.3) is 0 Å². The Labute approximate surface area is 140 Å². The molecule has 4 heteroatoms. The first-order valence-corrected chi connectivity index (χ1v) is 8.23. The third kappa shape index (κ3) is 1.96.